The molecule has 0 aliphatic carbocycles. The van der Waals surface area contributed by atoms with Gasteiger partial charge in [0.2, 0.25) is 0 Å². The Bertz CT molecular complexity index is 1100. The number of rotatable bonds is 9. The molecule has 1 amide bonds. The summed E-state index contributed by atoms with van der Waals surface area (Å²) in [5, 5.41) is 16.4. The van der Waals surface area contributed by atoms with Gasteiger partial charge in [0.25, 0.3) is 11.6 Å². The Morgan fingerprint density at radius 2 is 2.00 bits per heavy atom. The highest BCUT2D eigenvalue weighted by Crippen LogP contribution is 2.36. The predicted octanol–water partition coefficient (Wildman–Crippen LogP) is 4.55. The van der Waals surface area contributed by atoms with Gasteiger partial charge in [0, 0.05) is 29.2 Å². The second-order valence-electron chi connectivity index (χ2n) is 7.26. The zero-order valence-electron chi connectivity index (χ0n) is 18.2. The van der Waals surface area contributed by atoms with Crippen LogP contribution in [0.4, 0.5) is 5.69 Å². The molecule has 8 nitrogen and oxygen atoms in total. The van der Waals surface area contributed by atoms with Crippen LogP contribution in [-0.2, 0) is 0 Å². The van der Waals surface area contributed by atoms with Crippen molar-refractivity contribution >= 4 is 34.7 Å². The van der Waals surface area contributed by atoms with Gasteiger partial charge in [-0.25, -0.2) is 4.98 Å². The van der Waals surface area contributed by atoms with Gasteiger partial charge in [0.05, 0.1) is 23.0 Å². The van der Waals surface area contributed by atoms with Crippen LogP contribution in [0.5, 0.6) is 5.75 Å². The average Bonchev–Trinajstić information content (AvgIpc) is 3.18. The number of nitro benzene ring substituents is 1. The van der Waals surface area contributed by atoms with E-state index < -0.39 is 4.92 Å². The number of carbonyl (C=O) groups excluding carboxylic acids is 1. The average molecular weight is 473 g/mol. The Kier molecular flexibility index (Phi) is 7.84. The quantitative estimate of drug-likeness (QED) is 0.360. The fraction of sp³-hybridized carbons (Fsp3) is 0.273. The molecule has 0 spiro atoms. The van der Waals surface area contributed by atoms with Gasteiger partial charge in [0.1, 0.15) is 5.75 Å². The van der Waals surface area contributed by atoms with Crippen LogP contribution in [0.1, 0.15) is 27.7 Å². The van der Waals surface area contributed by atoms with E-state index in [4.69, 9.17) is 4.74 Å². The Labute approximate surface area is 194 Å². The number of carbonyl (C=O) groups is 1. The first-order chi connectivity index (χ1) is 15.3. The first kappa shape index (κ1) is 23.7. The molecule has 3 aromatic rings. The maximum absolute atomic E-state index is 12.8. The van der Waals surface area contributed by atoms with Crippen molar-refractivity contribution in [3.63, 3.8) is 0 Å². The van der Waals surface area contributed by atoms with Crippen LogP contribution in [-0.4, -0.2) is 48.5 Å². The van der Waals surface area contributed by atoms with Gasteiger partial charge in [-0.05, 0) is 50.8 Å². The van der Waals surface area contributed by atoms with Crippen molar-refractivity contribution in [2.24, 2.45) is 0 Å². The van der Waals surface area contributed by atoms with E-state index in [1.807, 2.05) is 55.6 Å². The number of hydrogen-bond donors (Lipinski definition) is 1. The van der Waals surface area contributed by atoms with Crippen LogP contribution < -0.4 is 10.1 Å². The van der Waals surface area contributed by atoms with Crippen molar-refractivity contribution < 1.29 is 14.5 Å². The fourth-order valence-electron chi connectivity index (χ4n) is 3.08. The highest BCUT2D eigenvalue weighted by Gasteiger charge is 2.21. The van der Waals surface area contributed by atoms with E-state index in [1.54, 1.807) is 19.2 Å². The first-order valence-electron chi connectivity index (χ1n) is 9.75. The highest BCUT2D eigenvalue weighted by atomic mass is 32.2. The van der Waals surface area contributed by atoms with Crippen LogP contribution in [0.25, 0.3) is 0 Å². The minimum Gasteiger partial charge on any atom is -0.497 e. The molecule has 3 rings (SSSR count). The second kappa shape index (κ2) is 10.6. The first-order valence-corrected chi connectivity index (χ1v) is 11.4. The maximum atomic E-state index is 12.8. The van der Waals surface area contributed by atoms with Gasteiger partial charge >= 0.3 is 0 Å². The van der Waals surface area contributed by atoms with E-state index in [0.717, 1.165) is 21.3 Å². The number of nitrogens with zero attached hydrogens (tertiary/aromatic N) is 3. The zero-order chi connectivity index (χ0) is 23.3. The SMILES string of the molecule is COc1ccc(C(CNC(=O)c2ccc(Sc3nc(C)cs3)c([N+](=O)[O-])c2)N(C)C)cc1. The van der Waals surface area contributed by atoms with Crippen LogP contribution in [0.3, 0.4) is 0 Å². The number of nitrogens with one attached hydrogen (secondary N) is 1. The van der Waals surface area contributed by atoms with Gasteiger partial charge in [-0.1, -0.05) is 23.9 Å². The van der Waals surface area contributed by atoms with Gasteiger partial charge in [-0.3, -0.25) is 14.9 Å². The summed E-state index contributed by atoms with van der Waals surface area (Å²) in [7, 11) is 5.47. The molecule has 1 unspecified atom stereocenters. The lowest BCUT2D eigenvalue weighted by Crippen LogP contribution is -2.34. The molecule has 32 heavy (non-hydrogen) atoms. The highest BCUT2D eigenvalue weighted by molar-refractivity contribution is 8.01. The molecule has 0 bridgehead atoms. The Hall–Kier alpha value is -2.95. The molecule has 0 aliphatic heterocycles. The largest absolute Gasteiger partial charge is 0.497 e. The Morgan fingerprint density at radius 3 is 2.56 bits per heavy atom. The predicted molar refractivity (Wildman–Crippen MR) is 126 cm³/mol. The summed E-state index contributed by atoms with van der Waals surface area (Å²) >= 11 is 2.65. The number of likely N-dealkylation sites (N-methyl/N-ethyl adjacent to an activating group) is 1. The minimum absolute atomic E-state index is 0.0668. The molecule has 1 N–H and O–H groups in total. The molecular weight excluding hydrogens is 448 g/mol. The number of hydrogen-bond acceptors (Lipinski definition) is 8. The minimum atomic E-state index is -0.473. The lowest BCUT2D eigenvalue weighted by Gasteiger charge is -2.25. The summed E-state index contributed by atoms with van der Waals surface area (Å²) in [6.07, 6.45) is 0. The van der Waals surface area contributed by atoms with Crippen molar-refractivity contribution in [1.29, 1.82) is 0 Å². The van der Waals surface area contributed by atoms with Crippen molar-refractivity contribution in [3.05, 3.63) is 74.8 Å². The van der Waals surface area contributed by atoms with Crippen LogP contribution in [0.15, 0.2) is 57.1 Å². The number of thiazole rings is 1. The number of ether oxygens (including phenoxy) is 1. The summed E-state index contributed by atoms with van der Waals surface area (Å²) in [6.45, 7) is 2.22. The van der Waals surface area contributed by atoms with Gasteiger partial charge < -0.3 is 15.0 Å². The van der Waals surface area contributed by atoms with E-state index in [-0.39, 0.29) is 23.2 Å². The number of amides is 1. The topological polar surface area (TPSA) is 97.6 Å². The van der Waals surface area contributed by atoms with Crippen LogP contribution in [0.2, 0.25) is 0 Å². The monoisotopic (exact) mass is 472 g/mol. The Morgan fingerprint density at radius 1 is 1.28 bits per heavy atom. The molecule has 1 atom stereocenters. The van der Waals surface area contributed by atoms with E-state index in [2.05, 4.69) is 10.3 Å². The third-order valence-electron chi connectivity index (χ3n) is 4.79. The third-order valence-corrected chi connectivity index (χ3v) is 6.91. The van der Waals surface area contributed by atoms with E-state index in [9.17, 15) is 14.9 Å². The number of methoxy groups -OCH3 is 1. The molecule has 2 aromatic carbocycles. The lowest BCUT2D eigenvalue weighted by molar-refractivity contribution is -0.387. The van der Waals surface area contributed by atoms with Crippen molar-refractivity contribution in [1.82, 2.24) is 15.2 Å². The van der Waals surface area contributed by atoms with Gasteiger partial charge in [-0.2, -0.15) is 0 Å². The summed E-state index contributed by atoms with van der Waals surface area (Å²) in [5.74, 6) is 0.392. The lowest BCUT2D eigenvalue weighted by atomic mass is 10.1. The maximum Gasteiger partial charge on any atom is 0.284 e. The molecule has 1 aromatic heterocycles. The van der Waals surface area contributed by atoms with Crippen molar-refractivity contribution in [3.8, 4) is 5.75 Å². The molecule has 0 fully saturated rings. The molecule has 168 valence electrons. The molecule has 0 saturated heterocycles. The molecule has 0 aliphatic rings. The van der Waals surface area contributed by atoms with Gasteiger partial charge in [0.15, 0.2) is 4.34 Å². The van der Waals surface area contributed by atoms with Crippen LogP contribution >= 0.6 is 23.1 Å². The summed E-state index contributed by atoms with van der Waals surface area (Å²) in [4.78, 5) is 30.7. The number of aromatic nitrogens is 1. The summed E-state index contributed by atoms with van der Waals surface area (Å²) in [6, 6.07) is 12.1. The van der Waals surface area contributed by atoms with E-state index >= 15 is 0 Å². The van der Waals surface area contributed by atoms with E-state index in [0.29, 0.717) is 11.4 Å². The molecule has 1 heterocycles. The van der Waals surface area contributed by atoms with Crippen LogP contribution in [0, 0.1) is 17.0 Å². The fourth-order valence-corrected chi connectivity index (χ4v) is 4.96. The van der Waals surface area contributed by atoms with Crippen molar-refractivity contribution in [2.45, 2.75) is 22.2 Å². The normalized spacial score (nSPS) is 11.9. The zero-order valence-corrected chi connectivity index (χ0v) is 19.8. The Balaban J connectivity index is 1.74. The number of aryl methyl sites for hydroxylation is 1. The number of benzene rings is 2. The number of nitro groups is 1. The molecular formula is C22H24N4O4S2. The third kappa shape index (κ3) is 5.84. The van der Waals surface area contributed by atoms with Gasteiger partial charge in [-0.15, -0.1) is 11.3 Å². The molecule has 10 heteroatoms. The second-order valence-corrected chi connectivity index (χ2v) is 9.41. The molecule has 0 saturated carbocycles. The van der Waals surface area contributed by atoms with E-state index in [1.165, 1.54) is 29.2 Å². The summed E-state index contributed by atoms with van der Waals surface area (Å²) < 4.78 is 5.92. The van der Waals surface area contributed by atoms with Crippen molar-refractivity contribution in [2.75, 3.05) is 27.7 Å². The summed E-state index contributed by atoms with van der Waals surface area (Å²) in [5.41, 5.74) is 2.01. The molecule has 0 radical (unpaired) electrons. The smallest absolute Gasteiger partial charge is 0.284 e. The standard InChI is InChI=1S/C22H24N4O4S2/c1-14-13-31-22(24-14)32-20-10-7-16(11-18(20)26(28)29)21(27)23-12-19(25(2)3)15-5-8-17(30-4)9-6-15/h5-11,13,19H,12H2,1-4H3,(H,23,27).